The summed E-state index contributed by atoms with van der Waals surface area (Å²) in [4.78, 5) is 16.6. The number of hydrogen-bond acceptors (Lipinski definition) is 4. The van der Waals surface area contributed by atoms with Crippen LogP contribution < -0.4 is 15.0 Å². The fourth-order valence-corrected chi connectivity index (χ4v) is 3.06. The van der Waals surface area contributed by atoms with Crippen molar-refractivity contribution < 1.29 is 13.9 Å². The Bertz CT molecular complexity index is 780. The van der Waals surface area contributed by atoms with Gasteiger partial charge in [-0.25, -0.2) is 4.39 Å². The molecular formula is C21H28FN3O2. The number of carbonyl (C=O) groups is 1. The summed E-state index contributed by atoms with van der Waals surface area (Å²) in [5.41, 5.74) is 2.68. The number of amides is 1. The Morgan fingerprint density at radius 1 is 1.19 bits per heavy atom. The first kappa shape index (κ1) is 20.7. The van der Waals surface area contributed by atoms with Crippen molar-refractivity contribution in [2.45, 2.75) is 19.5 Å². The molecule has 146 valence electrons. The maximum Gasteiger partial charge on any atom is 0.251 e. The second kappa shape index (κ2) is 9.37. The average Bonchev–Trinajstić information content (AvgIpc) is 2.61. The third kappa shape index (κ3) is 5.69. The van der Waals surface area contributed by atoms with E-state index in [1.54, 1.807) is 6.07 Å². The minimum Gasteiger partial charge on any atom is -0.494 e. The zero-order valence-corrected chi connectivity index (χ0v) is 16.6. The summed E-state index contributed by atoms with van der Waals surface area (Å²) in [6, 6.07) is 12.4. The quantitative estimate of drug-likeness (QED) is 0.772. The van der Waals surface area contributed by atoms with Gasteiger partial charge in [0.15, 0.2) is 11.6 Å². The van der Waals surface area contributed by atoms with E-state index in [0.717, 1.165) is 6.54 Å². The Morgan fingerprint density at radius 2 is 1.89 bits per heavy atom. The molecule has 1 N–H and O–H groups in total. The number of nitrogens with one attached hydrogen (secondary N) is 1. The van der Waals surface area contributed by atoms with Crippen LogP contribution in [0.4, 0.5) is 10.1 Å². The van der Waals surface area contributed by atoms with Crippen molar-refractivity contribution in [1.82, 2.24) is 10.2 Å². The van der Waals surface area contributed by atoms with E-state index in [0.29, 0.717) is 6.54 Å². The van der Waals surface area contributed by atoms with Crippen molar-refractivity contribution in [2.75, 3.05) is 39.7 Å². The number of likely N-dealkylation sites (N-methyl/N-ethyl adjacent to an activating group) is 1. The van der Waals surface area contributed by atoms with Gasteiger partial charge in [-0.05, 0) is 43.8 Å². The van der Waals surface area contributed by atoms with Crippen LogP contribution in [-0.2, 0) is 6.54 Å². The van der Waals surface area contributed by atoms with Gasteiger partial charge >= 0.3 is 0 Å². The lowest BCUT2D eigenvalue weighted by Gasteiger charge is -2.25. The van der Waals surface area contributed by atoms with E-state index in [-0.39, 0.29) is 23.3 Å². The van der Waals surface area contributed by atoms with Gasteiger partial charge in [-0.15, -0.1) is 0 Å². The van der Waals surface area contributed by atoms with E-state index in [1.165, 1.54) is 30.5 Å². The van der Waals surface area contributed by atoms with Gasteiger partial charge in [0.1, 0.15) is 0 Å². The molecule has 0 bridgehead atoms. The molecule has 0 saturated heterocycles. The second-order valence-corrected chi connectivity index (χ2v) is 6.94. The van der Waals surface area contributed by atoms with Crippen LogP contribution in [0.5, 0.6) is 5.75 Å². The number of halogens is 1. The SMILES string of the molecule is COc1ccc(C(=O)NC(C)CN(C)Cc2ccccc2N(C)C)cc1F. The number of anilines is 1. The first-order valence-electron chi connectivity index (χ1n) is 8.90. The van der Waals surface area contributed by atoms with Crippen molar-refractivity contribution in [3.8, 4) is 5.75 Å². The van der Waals surface area contributed by atoms with E-state index < -0.39 is 5.82 Å². The molecule has 5 nitrogen and oxygen atoms in total. The number of rotatable bonds is 8. The third-order valence-corrected chi connectivity index (χ3v) is 4.29. The van der Waals surface area contributed by atoms with Gasteiger partial charge in [-0.3, -0.25) is 4.79 Å². The van der Waals surface area contributed by atoms with Crippen molar-refractivity contribution in [1.29, 1.82) is 0 Å². The van der Waals surface area contributed by atoms with Crippen LogP contribution in [0.1, 0.15) is 22.8 Å². The Kier molecular flexibility index (Phi) is 7.19. The molecule has 2 aromatic rings. The van der Waals surface area contributed by atoms with Crippen LogP contribution in [-0.4, -0.2) is 51.6 Å². The normalized spacial score (nSPS) is 12.0. The Hall–Kier alpha value is -2.60. The molecule has 0 aliphatic heterocycles. The van der Waals surface area contributed by atoms with Crippen LogP contribution in [0.15, 0.2) is 42.5 Å². The van der Waals surface area contributed by atoms with Gasteiger partial charge in [0.25, 0.3) is 5.91 Å². The molecule has 0 saturated carbocycles. The predicted octanol–water partition coefficient (Wildman–Crippen LogP) is 3.15. The molecule has 0 heterocycles. The Morgan fingerprint density at radius 3 is 2.52 bits per heavy atom. The van der Waals surface area contributed by atoms with Crippen molar-refractivity contribution in [3.63, 3.8) is 0 Å². The number of carbonyl (C=O) groups excluding carboxylic acids is 1. The zero-order valence-electron chi connectivity index (χ0n) is 16.6. The first-order valence-corrected chi connectivity index (χ1v) is 8.90. The van der Waals surface area contributed by atoms with Gasteiger partial charge in [-0.2, -0.15) is 0 Å². The molecule has 1 unspecified atom stereocenters. The molecule has 0 fully saturated rings. The largest absolute Gasteiger partial charge is 0.494 e. The summed E-state index contributed by atoms with van der Waals surface area (Å²) < 4.78 is 18.7. The highest BCUT2D eigenvalue weighted by molar-refractivity contribution is 5.94. The lowest BCUT2D eigenvalue weighted by Crippen LogP contribution is -2.40. The summed E-state index contributed by atoms with van der Waals surface area (Å²) in [7, 11) is 7.46. The number of methoxy groups -OCH3 is 1. The number of benzene rings is 2. The number of ether oxygens (including phenoxy) is 1. The molecule has 1 atom stereocenters. The smallest absolute Gasteiger partial charge is 0.251 e. The zero-order chi connectivity index (χ0) is 20.0. The molecule has 0 spiro atoms. The van der Waals surface area contributed by atoms with Gasteiger partial charge in [0.2, 0.25) is 0 Å². The van der Waals surface area contributed by atoms with E-state index in [1.807, 2.05) is 40.2 Å². The lowest BCUT2D eigenvalue weighted by atomic mass is 10.1. The van der Waals surface area contributed by atoms with Crippen molar-refractivity contribution in [2.24, 2.45) is 0 Å². The third-order valence-electron chi connectivity index (χ3n) is 4.29. The van der Waals surface area contributed by atoms with Gasteiger partial charge in [-0.1, -0.05) is 18.2 Å². The lowest BCUT2D eigenvalue weighted by molar-refractivity contribution is 0.0931. The second-order valence-electron chi connectivity index (χ2n) is 6.94. The monoisotopic (exact) mass is 373 g/mol. The summed E-state index contributed by atoms with van der Waals surface area (Å²) in [5, 5.41) is 2.92. The summed E-state index contributed by atoms with van der Waals surface area (Å²) in [6.45, 7) is 3.38. The standard InChI is InChI=1S/C21H28FN3O2/c1-15(23-21(26)16-10-11-20(27-5)18(22)12-16)13-25(4)14-17-8-6-7-9-19(17)24(2)3/h6-12,15H,13-14H2,1-5H3,(H,23,26). The molecule has 2 aromatic carbocycles. The van der Waals surface area contributed by atoms with E-state index in [2.05, 4.69) is 27.2 Å². The Balaban J connectivity index is 1.94. The molecule has 0 radical (unpaired) electrons. The van der Waals surface area contributed by atoms with Crippen molar-refractivity contribution >= 4 is 11.6 Å². The molecule has 27 heavy (non-hydrogen) atoms. The summed E-state index contributed by atoms with van der Waals surface area (Å²) in [5.74, 6) is -0.722. The molecule has 2 rings (SSSR count). The molecule has 1 amide bonds. The van der Waals surface area contributed by atoms with E-state index in [9.17, 15) is 9.18 Å². The van der Waals surface area contributed by atoms with Gasteiger partial charge in [0, 0.05) is 44.5 Å². The summed E-state index contributed by atoms with van der Waals surface area (Å²) >= 11 is 0. The van der Waals surface area contributed by atoms with E-state index >= 15 is 0 Å². The maximum atomic E-state index is 13.8. The van der Waals surface area contributed by atoms with Crippen LogP contribution in [0.2, 0.25) is 0 Å². The first-order chi connectivity index (χ1) is 12.8. The topological polar surface area (TPSA) is 44.8 Å². The van der Waals surface area contributed by atoms with Gasteiger partial charge < -0.3 is 19.9 Å². The molecule has 0 aliphatic rings. The highest BCUT2D eigenvalue weighted by Crippen LogP contribution is 2.20. The highest BCUT2D eigenvalue weighted by atomic mass is 19.1. The molecule has 0 aromatic heterocycles. The number of nitrogens with zero attached hydrogens (tertiary/aromatic N) is 2. The molecule has 6 heteroatoms. The van der Waals surface area contributed by atoms with E-state index in [4.69, 9.17) is 4.74 Å². The van der Waals surface area contributed by atoms with Crippen LogP contribution in [0, 0.1) is 5.82 Å². The van der Waals surface area contributed by atoms with Crippen molar-refractivity contribution in [3.05, 3.63) is 59.4 Å². The minimum atomic E-state index is -0.546. The van der Waals surface area contributed by atoms with Crippen LogP contribution in [0.25, 0.3) is 0 Å². The maximum absolute atomic E-state index is 13.8. The van der Waals surface area contributed by atoms with Gasteiger partial charge in [0.05, 0.1) is 7.11 Å². The average molecular weight is 373 g/mol. The fraction of sp³-hybridized carbons (Fsp3) is 0.381. The number of hydrogen-bond donors (Lipinski definition) is 1. The highest BCUT2D eigenvalue weighted by Gasteiger charge is 2.15. The molecular weight excluding hydrogens is 345 g/mol. The predicted molar refractivity (Wildman–Crippen MR) is 107 cm³/mol. The van der Waals surface area contributed by atoms with Crippen LogP contribution in [0.3, 0.4) is 0 Å². The Labute approximate surface area is 160 Å². The van der Waals surface area contributed by atoms with Crippen LogP contribution >= 0.6 is 0 Å². The fourth-order valence-electron chi connectivity index (χ4n) is 3.06. The summed E-state index contributed by atoms with van der Waals surface area (Å²) in [6.07, 6.45) is 0. The number of para-hydroxylation sites is 1. The minimum absolute atomic E-state index is 0.0841. The molecule has 0 aliphatic carbocycles.